The molecule has 0 heterocycles. The molecular formula is C13H18ClF. The van der Waals surface area contributed by atoms with Gasteiger partial charge in [-0.05, 0) is 36.5 Å². The summed E-state index contributed by atoms with van der Waals surface area (Å²) in [6.07, 6.45) is 2.08. The summed E-state index contributed by atoms with van der Waals surface area (Å²) < 4.78 is 13.0. The molecule has 1 aromatic carbocycles. The van der Waals surface area contributed by atoms with Gasteiger partial charge in [0.2, 0.25) is 0 Å². The molecule has 0 saturated carbocycles. The molecule has 1 rings (SSSR count). The van der Waals surface area contributed by atoms with E-state index in [2.05, 4.69) is 13.8 Å². The molecule has 2 unspecified atom stereocenters. The highest BCUT2D eigenvalue weighted by atomic mass is 35.5. The highest BCUT2D eigenvalue weighted by Gasteiger charge is 2.12. The van der Waals surface area contributed by atoms with E-state index in [4.69, 9.17) is 11.6 Å². The predicted octanol–water partition coefficient (Wildman–Crippen LogP) is 4.85. The van der Waals surface area contributed by atoms with Crippen molar-refractivity contribution in [2.75, 3.05) is 0 Å². The van der Waals surface area contributed by atoms with Gasteiger partial charge in [-0.1, -0.05) is 32.4 Å². The molecule has 0 nitrogen and oxygen atoms in total. The molecule has 1 aromatic rings. The fourth-order valence-electron chi connectivity index (χ4n) is 1.52. The third-order valence-electron chi connectivity index (χ3n) is 2.85. The summed E-state index contributed by atoms with van der Waals surface area (Å²) in [4.78, 5) is 0. The summed E-state index contributed by atoms with van der Waals surface area (Å²) in [7, 11) is 0. The van der Waals surface area contributed by atoms with E-state index in [9.17, 15) is 4.39 Å². The molecule has 0 aromatic heterocycles. The van der Waals surface area contributed by atoms with Gasteiger partial charge in [-0.3, -0.25) is 0 Å². The number of hydrogen-bond acceptors (Lipinski definition) is 0. The van der Waals surface area contributed by atoms with Crippen LogP contribution in [-0.2, 0) is 0 Å². The summed E-state index contributed by atoms with van der Waals surface area (Å²) in [6.45, 7) is 6.11. The largest absolute Gasteiger partial charge is 0.207 e. The SMILES string of the molecule is CCC(C)CC(Cl)c1ccc(F)c(C)c1. The van der Waals surface area contributed by atoms with Gasteiger partial charge in [0.05, 0.1) is 5.38 Å². The molecule has 84 valence electrons. The predicted molar refractivity (Wildman–Crippen MR) is 63.8 cm³/mol. The van der Waals surface area contributed by atoms with E-state index >= 15 is 0 Å². The van der Waals surface area contributed by atoms with E-state index in [0.717, 1.165) is 18.4 Å². The van der Waals surface area contributed by atoms with Crippen molar-refractivity contribution >= 4 is 11.6 Å². The van der Waals surface area contributed by atoms with Gasteiger partial charge >= 0.3 is 0 Å². The second kappa shape index (κ2) is 5.50. The second-order valence-electron chi connectivity index (χ2n) is 4.23. The highest BCUT2D eigenvalue weighted by Crippen LogP contribution is 2.29. The summed E-state index contributed by atoms with van der Waals surface area (Å²) in [6, 6.07) is 5.12. The van der Waals surface area contributed by atoms with Crippen molar-refractivity contribution in [1.29, 1.82) is 0 Å². The number of hydrogen-bond donors (Lipinski definition) is 0. The lowest BCUT2D eigenvalue weighted by Gasteiger charge is -2.15. The van der Waals surface area contributed by atoms with E-state index in [1.54, 1.807) is 13.0 Å². The Balaban J connectivity index is 2.73. The zero-order chi connectivity index (χ0) is 11.4. The van der Waals surface area contributed by atoms with Gasteiger partial charge in [0, 0.05) is 0 Å². The Hall–Kier alpha value is -0.560. The minimum Gasteiger partial charge on any atom is -0.207 e. The van der Waals surface area contributed by atoms with Gasteiger partial charge < -0.3 is 0 Å². The standard InChI is InChI=1S/C13H18ClF/c1-4-9(2)7-12(14)11-5-6-13(15)10(3)8-11/h5-6,8-9,12H,4,7H2,1-3H3. The van der Waals surface area contributed by atoms with Crippen LogP contribution in [0, 0.1) is 18.7 Å². The first-order chi connectivity index (χ1) is 7.04. The molecule has 15 heavy (non-hydrogen) atoms. The zero-order valence-electron chi connectivity index (χ0n) is 9.56. The molecule has 2 heteroatoms. The smallest absolute Gasteiger partial charge is 0.126 e. The van der Waals surface area contributed by atoms with Crippen molar-refractivity contribution in [3.8, 4) is 0 Å². The first-order valence-corrected chi connectivity index (χ1v) is 5.88. The number of aryl methyl sites for hydroxylation is 1. The number of halogens is 2. The molecule has 0 aliphatic rings. The monoisotopic (exact) mass is 228 g/mol. The van der Waals surface area contributed by atoms with Gasteiger partial charge in [0.1, 0.15) is 5.82 Å². The van der Waals surface area contributed by atoms with Crippen LogP contribution in [0.4, 0.5) is 4.39 Å². The van der Waals surface area contributed by atoms with Crippen molar-refractivity contribution in [2.45, 2.75) is 39.0 Å². The highest BCUT2D eigenvalue weighted by molar-refractivity contribution is 6.20. The lowest BCUT2D eigenvalue weighted by Crippen LogP contribution is -1.99. The third-order valence-corrected chi connectivity index (χ3v) is 3.28. The normalized spacial score (nSPS) is 15.0. The van der Waals surface area contributed by atoms with Crippen molar-refractivity contribution < 1.29 is 4.39 Å². The Morgan fingerprint density at radius 1 is 1.40 bits per heavy atom. The first kappa shape index (κ1) is 12.5. The molecule has 0 aliphatic heterocycles. The Bertz CT molecular complexity index is 322. The lowest BCUT2D eigenvalue weighted by molar-refractivity contribution is 0.507. The van der Waals surface area contributed by atoms with Crippen LogP contribution >= 0.6 is 11.6 Å². The molecule has 0 spiro atoms. The number of benzene rings is 1. The van der Waals surface area contributed by atoms with Crippen LogP contribution in [0.2, 0.25) is 0 Å². The summed E-state index contributed by atoms with van der Waals surface area (Å²) >= 11 is 6.28. The fraction of sp³-hybridized carbons (Fsp3) is 0.538. The van der Waals surface area contributed by atoms with Gasteiger partial charge in [0.15, 0.2) is 0 Å². The topological polar surface area (TPSA) is 0 Å². The average Bonchev–Trinajstić information content (AvgIpc) is 2.21. The lowest BCUT2D eigenvalue weighted by atomic mass is 9.97. The molecule has 0 amide bonds. The minimum atomic E-state index is -0.161. The molecular weight excluding hydrogens is 211 g/mol. The molecule has 0 bridgehead atoms. The quantitative estimate of drug-likeness (QED) is 0.647. The Morgan fingerprint density at radius 3 is 2.60 bits per heavy atom. The first-order valence-electron chi connectivity index (χ1n) is 5.44. The molecule has 0 fully saturated rings. The molecule has 0 aliphatic carbocycles. The van der Waals surface area contributed by atoms with E-state index in [-0.39, 0.29) is 11.2 Å². The van der Waals surface area contributed by atoms with Crippen LogP contribution in [0.15, 0.2) is 18.2 Å². The van der Waals surface area contributed by atoms with Crippen LogP contribution in [-0.4, -0.2) is 0 Å². The van der Waals surface area contributed by atoms with Crippen LogP contribution in [0.5, 0.6) is 0 Å². The maximum absolute atomic E-state index is 13.0. The van der Waals surface area contributed by atoms with Gasteiger partial charge in [-0.2, -0.15) is 0 Å². The number of rotatable bonds is 4. The van der Waals surface area contributed by atoms with Gasteiger partial charge in [0.25, 0.3) is 0 Å². The van der Waals surface area contributed by atoms with Crippen LogP contribution < -0.4 is 0 Å². The Kier molecular flexibility index (Phi) is 4.59. The molecule has 2 atom stereocenters. The Morgan fingerprint density at radius 2 is 2.07 bits per heavy atom. The average molecular weight is 229 g/mol. The van der Waals surface area contributed by atoms with E-state index in [0.29, 0.717) is 11.5 Å². The maximum Gasteiger partial charge on any atom is 0.126 e. The van der Waals surface area contributed by atoms with E-state index in [1.807, 2.05) is 6.07 Å². The number of alkyl halides is 1. The molecule has 0 radical (unpaired) electrons. The molecule has 0 saturated heterocycles. The van der Waals surface area contributed by atoms with Crippen molar-refractivity contribution in [2.24, 2.45) is 5.92 Å². The van der Waals surface area contributed by atoms with Gasteiger partial charge in [-0.25, -0.2) is 4.39 Å². The zero-order valence-corrected chi connectivity index (χ0v) is 10.3. The fourth-order valence-corrected chi connectivity index (χ4v) is 1.96. The summed E-state index contributed by atoms with van der Waals surface area (Å²) in [5.74, 6) is 0.448. The molecule has 0 N–H and O–H groups in total. The third kappa shape index (κ3) is 3.49. The van der Waals surface area contributed by atoms with Crippen LogP contribution in [0.3, 0.4) is 0 Å². The van der Waals surface area contributed by atoms with Crippen LogP contribution in [0.1, 0.15) is 43.2 Å². The van der Waals surface area contributed by atoms with Crippen LogP contribution in [0.25, 0.3) is 0 Å². The van der Waals surface area contributed by atoms with Gasteiger partial charge in [-0.15, -0.1) is 11.6 Å². The van der Waals surface area contributed by atoms with Crippen molar-refractivity contribution in [3.05, 3.63) is 35.1 Å². The van der Waals surface area contributed by atoms with E-state index < -0.39 is 0 Å². The van der Waals surface area contributed by atoms with Crippen molar-refractivity contribution in [3.63, 3.8) is 0 Å². The summed E-state index contributed by atoms with van der Waals surface area (Å²) in [5, 5.41) is -0.000694. The van der Waals surface area contributed by atoms with Crippen molar-refractivity contribution in [1.82, 2.24) is 0 Å². The summed E-state index contributed by atoms with van der Waals surface area (Å²) in [5.41, 5.74) is 1.69. The second-order valence-corrected chi connectivity index (χ2v) is 4.75. The van der Waals surface area contributed by atoms with E-state index in [1.165, 1.54) is 6.07 Å². The maximum atomic E-state index is 13.0. The minimum absolute atomic E-state index is 0.000694. The Labute approximate surface area is 96.5 Å².